The van der Waals surface area contributed by atoms with Crippen LogP contribution in [-0.4, -0.2) is 65.7 Å². The van der Waals surface area contributed by atoms with Crippen LogP contribution in [0.3, 0.4) is 0 Å². The van der Waals surface area contributed by atoms with Crippen LogP contribution in [0.2, 0.25) is 0 Å². The third kappa shape index (κ3) is 1.72. The molecule has 4 bridgehead atoms. The number of allylic oxidation sites excluding steroid dienone is 1. The second-order valence-corrected chi connectivity index (χ2v) is 5.67. The molecule has 0 radical (unpaired) electrons. The van der Waals surface area contributed by atoms with Crippen molar-refractivity contribution in [1.82, 2.24) is 14.7 Å². The van der Waals surface area contributed by atoms with Crippen LogP contribution in [0.5, 0.6) is 0 Å². The van der Waals surface area contributed by atoms with Crippen molar-refractivity contribution in [3.05, 3.63) is 11.6 Å². The monoisotopic (exact) mass is 211 g/mol. The molecule has 4 rings (SSSR count). The Balaban J connectivity index is 0.000000963. The lowest BCUT2D eigenvalue weighted by Crippen LogP contribution is -2.79. The summed E-state index contributed by atoms with van der Waals surface area (Å²) >= 11 is 0. The van der Waals surface area contributed by atoms with Crippen molar-refractivity contribution in [2.24, 2.45) is 0 Å². The van der Waals surface area contributed by atoms with Crippen LogP contribution in [0.4, 0.5) is 0 Å². The van der Waals surface area contributed by atoms with Gasteiger partial charge in [-0.1, -0.05) is 5.57 Å². The molecule has 0 unspecified atom stereocenters. The maximum atomic E-state index is 2.56. The van der Waals surface area contributed by atoms with Crippen molar-refractivity contribution in [1.29, 1.82) is 0 Å². The lowest BCUT2D eigenvalue weighted by atomic mass is 10.2. The van der Waals surface area contributed by atoms with Gasteiger partial charge in [-0.25, -0.2) is 14.7 Å². The molecule has 4 heterocycles. The van der Waals surface area contributed by atoms with Crippen molar-refractivity contribution >= 4 is 0 Å². The third-order valence-electron chi connectivity index (χ3n) is 3.59. The standard InChI is InChI=1S/C11H21N4.H2/c1-11(2)3-4-15-8-12-5-13(9-15)7-14(6-12)10-15;/h3H,4-10H2,1-2H3;1H/q+1;. The average Bonchev–Trinajstić information content (AvgIpc) is 2.12. The van der Waals surface area contributed by atoms with Gasteiger partial charge >= 0.3 is 0 Å². The van der Waals surface area contributed by atoms with E-state index in [1.165, 1.54) is 56.6 Å². The molecule has 0 aliphatic carbocycles. The van der Waals surface area contributed by atoms with Gasteiger partial charge in [0.1, 0.15) is 26.6 Å². The zero-order valence-corrected chi connectivity index (χ0v) is 9.82. The fraction of sp³-hybridized carbons (Fsp3) is 0.818. The zero-order valence-electron chi connectivity index (χ0n) is 9.82. The van der Waals surface area contributed by atoms with E-state index in [1.54, 1.807) is 0 Å². The van der Waals surface area contributed by atoms with Crippen LogP contribution in [-0.2, 0) is 0 Å². The van der Waals surface area contributed by atoms with Gasteiger partial charge in [-0.05, 0) is 19.9 Å². The summed E-state index contributed by atoms with van der Waals surface area (Å²) in [6, 6.07) is 0. The zero-order chi connectivity index (χ0) is 10.5. The SMILES string of the molecule is CC(C)=CC[N+]12CN3CN(CN(C3)C1)C2.[HH]. The molecule has 0 spiro atoms. The van der Waals surface area contributed by atoms with Gasteiger partial charge in [-0.2, -0.15) is 0 Å². The second-order valence-electron chi connectivity index (χ2n) is 5.67. The van der Waals surface area contributed by atoms with E-state index >= 15 is 0 Å². The Morgan fingerprint density at radius 1 is 1.07 bits per heavy atom. The first-order valence-electron chi connectivity index (χ1n) is 5.81. The molecule has 0 saturated carbocycles. The maximum Gasteiger partial charge on any atom is 0.139 e. The summed E-state index contributed by atoms with van der Waals surface area (Å²) < 4.78 is 1.23. The fourth-order valence-electron chi connectivity index (χ4n) is 3.21. The van der Waals surface area contributed by atoms with Crippen molar-refractivity contribution in [2.45, 2.75) is 13.8 Å². The molecular formula is C11H23N4+. The minimum absolute atomic E-state index is 0. The highest BCUT2D eigenvalue weighted by atomic mass is 15.7. The minimum atomic E-state index is 0. The van der Waals surface area contributed by atoms with E-state index in [0.29, 0.717) is 0 Å². The lowest BCUT2D eigenvalue weighted by Gasteiger charge is -2.60. The van der Waals surface area contributed by atoms with Crippen LogP contribution in [0, 0.1) is 0 Å². The molecular weight excluding hydrogens is 188 g/mol. The molecule has 4 fully saturated rings. The van der Waals surface area contributed by atoms with Gasteiger partial charge in [0.05, 0.1) is 20.0 Å². The Bertz CT molecular complexity index is 263. The highest BCUT2D eigenvalue weighted by Crippen LogP contribution is 2.28. The molecule has 0 aromatic heterocycles. The number of nitrogens with zero attached hydrogens (tertiary/aromatic N) is 4. The Hall–Kier alpha value is -0.420. The fourth-order valence-corrected chi connectivity index (χ4v) is 3.21. The Morgan fingerprint density at radius 3 is 1.93 bits per heavy atom. The number of quaternary nitrogens is 1. The number of hydrogen-bond acceptors (Lipinski definition) is 3. The highest BCUT2D eigenvalue weighted by Gasteiger charge is 2.47. The molecule has 4 aliphatic rings. The van der Waals surface area contributed by atoms with Gasteiger partial charge in [-0.3, -0.25) is 4.48 Å². The van der Waals surface area contributed by atoms with Crippen LogP contribution in [0.15, 0.2) is 11.6 Å². The van der Waals surface area contributed by atoms with Gasteiger partial charge in [0.2, 0.25) is 0 Å². The van der Waals surface area contributed by atoms with Gasteiger partial charge < -0.3 is 0 Å². The van der Waals surface area contributed by atoms with Crippen LogP contribution in [0.1, 0.15) is 15.3 Å². The molecule has 15 heavy (non-hydrogen) atoms. The van der Waals surface area contributed by atoms with Gasteiger partial charge in [0.25, 0.3) is 0 Å². The largest absolute Gasteiger partial charge is 0.283 e. The number of rotatable bonds is 2. The molecule has 0 atom stereocenters. The van der Waals surface area contributed by atoms with Crippen molar-refractivity contribution in [3.63, 3.8) is 0 Å². The second kappa shape index (κ2) is 3.28. The number of hydrogen-bond donors (Lipinski definition) is 0. The molecule has 4 heteroatoms. The summed E-state index contributed by atoms with van der Waals surface area (Å²) in [5.41, 5.74) is 1.45. The first-order chi connectivity index (χ1) is 7.15. The molecule has 4 aliphatic heterocycles. The Labute approximate surface area is 93.4 Å². The van der Waals surface area contributed by atoms with Crippen molar-refractivity contribution in [3.8, 4) is 0 Å². The average molecular weight is 211 g/mol. The Kier molecular flexibility index (Phi) is 2.14. The summed E-state index contributed by atoms with van der Waals surface area (Å²) in [6.07, 6.45) is 2.40. The van der Waals surface area contributed by atoms with E-state index in [2.05, 4.69) is 34.6 Å². The van der Waals surface area contributed by atoms with Crippen LogP contribution in [0.25, 0.3) is 0 Å². The molecule has 4 nitrogen and oxygen atoms in total. The predicted molar refractivity (Wildman–Crippen MR) is 61.4 cm³/mol. The minimum Gasteiger partial charge on any atom is -0.283 e. The Morgan fingerprint density at radius 2 is 1.53 bits per heavy atom. The molecule has 4 saturated heterocycles. The molecule has 0 amide bonds. The van der Waals surface area contributed by atoms with Crippen molar-refractivity contribution in [2.75, 3.05) is 46.6 Å². The molecule has 0 aromatic carbocycles. The van der Waals surface area contributed by atoms with E-state index in [-0.39, 0.29) is 1.43 Å². The van der Waals surface area contributed by atoms with Crippen molar-refractivity contribution < 1.29 is 5.91 Å². The highest BCUT2D eigenvalue weighted by molar-refractivity contribution is 4.93. The quantitative estimate of drug-likeness (QED) is 0.492. The summed E-state index contributed by atoms with van der Waals surface area (Å²) in [5, 5.41) is 0. The maximum absolute atomic E-state index is 2.56. The van der Waals surface area contributed by atoms with Gasteiger partial charge in [-0.15, -0.1) is 0 Å². The first-order valence-corrected chi connectivity index (χ1v) is 5.81. The topological polar surface area (TPSA) is 9.72 Å². The molecule has 0 N–H and O–H groups in total. The van der Waals surface area contributed by atoms with E-state index in [0.717, 1.165) is 0 Å². The summed E-state index contributed by atoms with van der Waals surface area (Å²) in [5.74, 6) is 0. The molecule has 0 aromatic rings. The van der Waals surface area contributed by atoms with E-state index in [1.807, 2.05) is 0 Å². The smallest absolute Gasteiger partial charge is 0.139 e. The van der Waals surface area contributed by atoms with E-state index in [4.69, 9.17) is 0 Å². The normalized spacial score (nSPS) is 46.9. The summed E-state index contributed by atoms with van der Waals surface area (Å²) in [4.78, 5) is 7.69. The predicted octanol–water partition coefficient (Wildman–Crippen LogP) is 0.707. The van der Waals surface area contributed by atoms with Crippen LogP contribution >= 0.6 is 0 Å². The first kappa shape index (κ1) is 9.78. The van der Waals surface area contributed by atoms with Gasteiger partial charge in [0.15, 0.2) is 0 Å². The third-order valence-corrected chi connectivity index (χ3v) is 3.59. The van der Waals surface area contributed by atoms with Gasteiger partial charge in [0, 0.05) is 1.43 Å². The summed E-state index contributed by atoms with van der Waals surface area (Å²) in [7, 11) is 0. The molecule has 86 valence electrons. The summed E-state index contributed by atoms with van der Waals surface area (Å²) in [6.45, 7) is 12.9. The van der Waals surface area contributed by atoms with E-state index < -0.39 is 0 Å². The van der Waals surface area contributed by atoms with E-state index in [9.17, 15) is 0 Å². The van der Waals surface area contributed by atoms with Crippen LogP contribution < -0.4 is 0 Å². The lowest BCUT2D eigenvalue weighted by molar-refractivity contribution is -0.975.